The maximum Gasteiger partial charge on any atom is 0.257 e. The van der Waals surface area contributed by atoms with Crippen LogP contribution in [0.4, 0.5) is 4.39 Å². The summed E-state index contributed by atoms with van der Waals surface area (Å²) in [6.07, 6.45) is 0. The third kappa shape index (κ3) is 4.21. The number of rotatable bonds is 4. The standard InChI is InChI=1S/C20H18ClFN4O2/c21-16-5-1-14(2-6-16)19-23-18(24-28-19)13-25-9-11-26(12-10-25)20(27)15-3-7-17(22)8-4-15/h1-8H,9-13H2. The van der Waals surface area contributed by atoms with Gasteiger partial charge in [0.25, 0.3) is 11.8 Å². The minimum absolute atomic E-state index is 0.0794. The molecule has 0 aliphatic carbocycles. The highest BCUT2D eigenvalue weighted by Crippen LogP contribution is 2.20. The Labute approximate surface area is 166 Å². The molecule has 3 aromatic rings. The normalized spacial score (nSPS) is 15.0. The van der Waals surface area contributed by atoms with Crippen LogP contribution in [0.2, 0.25) is 5.02 Å². The minimum Gasteiger partial charge on any atom is -0.336 e. The summed E-state index contributed by atoms with van der Waals surface area (Å²) in [5.74, 6) is 0.628. The Kier molecular flexibility index (Phi) is 5.36. The quantitative estimate of drug-likeness (QED) is 0.671. The molecule has 1 fully saturated rings. The fraction of sp³-hybridized carbons (Fsp3) is 0.250. The number of aromatic nitrogens is 2. The summed E-state index contributed by atoms with van der Waals surface area (Å²) < 4.78 is 18.4. The topological polar surface area (TPSA) is 62.5 Å². The van der Waals surface area contributed by atoms with Gasteiger partial charge in [0.2, 0.25) is 0 Å². The number of nitrogens with zero attached hydrogens (tertiary/aromatic N) is 4. The molecule has 0 radical (unpaired) electrons. The van der Waals surface area contributed by atoms with Crippen molar-refractivity contribution in [3.8, 4) is 11.5 Å². The number of carbonyl (C=O) groups excluding carboxylic acids is 1. The van der Waals surface area contributed by atoms with Crippen molar-refractivity contribution in [3.05, 3.63) is 70.8 Å². The van der Waals surface area contributed by atoms with Gasteiger partial charge in [0.05, 0.1) is 6.54 Å². The van der Waals surface area contributed by atoms with E-state index < -0.39 is 0 Å². The summed E-state index contributed by atoms with van der Waals surface area (Å²) in [4.78, 5) is 20.9. The first-order valence-electron chi connectivity index (χ1n) is 8.94. The number of hydrogen-bond acceptors (Lipinski definition) is 5. The second kappa shape index (κ2) is 8.08. The predicted octanol–water partition coefficient (Wildman–Crippen LogP) is 3.49. The monoisotopic (exact) mass is 400 g/mol. The number of amides is 1. The van der Waals surface area contributed by atoms with Crippen LogP contribution >= 0.6 is 11.6 Å². The largest absolute Gasteiger partial charge is 0.336 e. The van der Waals surface area contributed by atoms with Crippen LogP contribution in [-0.2, 0) is 6.54 Å². The van der Waals surface area contributed by atoms with Gasteiger partial charge in [-0.2, -0.15) is 4.98 Å². The number of carbonyl (C=O) groups is 1. The van der Waals surface area contributed by atoms with E-state index in [0.717, 1.165) is 5.56 Å². The minimum atomic E-state index is -0.348. The van der Waals surface area contributed by atoms with Crippen molar-refractivity contribution in [1.82, 2.24) is 19.9 Å². The molecule has 0 unspecified atom stereocenters. The highest BCUT2D eigenvalue weighted by atomic mass is 35.5. The molecule has 0 bridgehead atoms. The zero-order chi connectivity index (χ0) is 19.5. The SMILES string of the molecule is O=C(c1ccc(F)cc1)N1CCN(Cc2noc(-c3ccc(Cl)cc3)n2)CC1. The Morgan fingerprint density at radius 3 is 2.39 bits per heavy atom. The van der Waals surface area contributed by atoms with Crippen molar-refractivity contribution in [3.63, 3.8) is 0 Å². The first-order valence-corrected chi connectivity index (χ1v) is 9.32. The van der Waals surface area contributed by atoms with Crippen LogP contribution < -0.4 is 0 Å². The Bertz CT molecular complexity index is 951. The van der Waals surface area contributed by atoms with Crippen molar-refractivity contribution in [2.45, 2.75) is 6.54 Å². The lowest BCUT2D eigenvalue weighted by molar-refractivity contribution is 0.0624. The third-order valence-electron chi connectivity index (χ3n) is 4.67. The van der Waals surface area contributed by atoms with Crippen molar-refractivity contribution in [2.24, 2.45) is 0 Å². The summed E-state index contributed by atoms with van der Waals surface area (Å²) in [6.45, 7) is 3.15. The van der Waals surface area contributed by atoms with E-state index >= 15 is 0 Å². The third-order valence-corrected chi connectivity index (χ3v) is 4.93. The van der Waals surface area contributed by atoms with E-state index in [1.54, 1.807) is 17.0 Å². The van der Waals surface area contributed by atoms with Crippen molar-refractivity contribution >= 4 is 17.5 Å². The summed E-state index contributed by atoms with van der Waals surface area (Å²) in [7, 11) is 0. The van der Waals surface area contributed by atoms with Crippen LogP contribution in [0.15, 0.2) is 53.1 Å². The van der Waals surface area contributed by atoms with Crippen LogP contribution in [-0.4, -0.2) is 52.0 Å². The second-order valence-corrected chi connectivity index (χ2v) is 7.03. The van der Waals surface area contributed by atoms with Gasteiger partial charge in [0.1, 0.15) is 5.82 Å². The van der Waals surface area contributed by atoms with Crippen molar-refractivity contribution in [1.29, 1.82) is 0 Å². The number of benzene rings is 2. The van der Waals surface area contributed by atoms with Gasteiger partial charge in [0, 0.05) is 42.3 Å². The lowest BCUT2D eigenvalue weighted by Crippen LogP contribution is -2.48. The summed E-state index contributed by atoms with van der Waals surface area (Å²) in [5.41, 5.74) is 1.32. The van der Waals surface area contributed by atoms with Gasteiger partial charge < -0.3 is 9.42 Å². The smallest absolute Gasteiger partial charge is 0.257 e. The highest BCUT2D eigenvalue weighted by Gasteiger charge is 2.23. The van der Waals surface area contributed by atoms with E-state index in [1.165, 1.54) is 24.3 Å². The van der Waals surface area contributed by atoms with Crippen LogP contribution in [0.3, 0.4) is 0 Å². The molecule has 1 amide bonds. The predicted molar refractivity (Wildman–Crippen MR) is 102 cm³/mol. The Balaban J connectivity index is 1.33. The molecule has 0 N–H and O–H groups in total. The van der Waals surface area contributed by atoms with E-state index in [-0.39, 0.29) is 11.7 Å². The molecule has 28 heavy (non-hydrogen) atoms. The summed E-state index contributed by atoms with van der Waals surface area (Å²) >= 11 is 5.90. The number of piperazine rings is 1. The van der Waals surface area contributed by atoms with Crippen LogP contribution in [0.5, 0.6) is 0 Å². The first-order chi connectivity index (χ1) is 13.6. The molecule has 1 aliphatic heterocycles. The van der Waals surface area contributed by atoms with Gasteiger partial charge >= 0.3 is 0 Å². The molecular weight excluding hydrogens is 383 g/mol. The van der Waals surface area contributed by atoms with Crippen LogP contribution in [0, 0.1) is 5.82 Å². The summed E-state index contributed by atoms with van der Waals surface area (Å²) in [5, 5.41) is 4.69. The molecular formula is C20H18ClFN4O2. The van der Waals surface area contributed by atoms with Gasteiger partial charge in [-0.3, -0.25) is 9.69 Å². The summed E-state index contributed by atoms with van der Waals surface area (Å²) in [6, 6.07) is 12.9. The Morgan fingerprint density at radius 1 is 1.04 bits per heavy atom. The highest BCUT2D eigenvalue weighted by molar-refractivity contribution is 6.30. The molecule has 0 spiro atoms. The molecule has 0 atom stereocenters. The molecule has 144 valence electrons. The molecule has 6 nitrogen and oxygen atoms in total. The average molecular weight is 401 g/mol. The van der Waals surface area contributed by atoms with E-state index in [4.69, 9.17) is 16.1 Å². The van der Waals surface area contributed by atoms with E-state index in [0.29, 0.717) is 55.0 Å². The molecule has 1 aromatic heterocycles. The maximum absolute atomic E-state index is 13.0. The average Bonchev–Trinajstić information content (AvgIpc) is 3.18. The fourth-order valence-corrected chi connectivity index (χ4v) is 3.24. The Hall–Kier alpha value is -2.77. The lowest BCUT2D eigenvalue weighted by Gasteiger charge is -2.34. The van der Waals surface area contributed by atoms with Gasteiger partial charge in [-0.1, -0.05) is 16.8 Å². The molecule has 4 rings (SSSR count). The lowest BCUT2D eigenvalue weighted by atomic mass is 10.2. The molecule has 1 saturated heterocycles. The van der Waals surface area contributed by atoms with Crippen LogP contribution in [0.1, 0.15) is 16.2 Å². The van der Waals surface area contributed by atoms with Gasteiger partial charge in [-0.25, -0.2) is 4.39 Å². The molecule has 8 heteroatoms. The van der Waals surface area contributed by atoms with Gasteiger partial charge in [-0.15, -0.1) is 0 Å². The van der Waals surface area contributed by atoms with Gasteiger partial charge in [0.15, 0.2) is 5.82 Å². The van der Waals surface area contributed by atoms with E-state index in [2.05, 4.69) is 15.0 Å². The van der Waals surface area contributed by atoms with Crippen LogP contribution in [0.25, 0.3) is 11.5 Å². The fourth-order valence-electron chi connectivity index (χ4n) is 3.11. The molecule has 0 saturated carbocycles. The first kappa shape index (κ1) is 18.6. The second-order valence-electron chi connectivity index (χ2n) is 6.60. The molecule has 1 aliphatic rings. The van der Waals surface area contributed by atoms with E-state index in [9.17, 15) is 9.18 Å². The number of hydrogen-bond donors (Lipinski definition) is 0. The Morgan fingerprint density at radius 2 is 1.71 bits per heavy atom. The van der Waals surface area contributed by atoms with E-state index in [1.807, 2.05) is 12.1 Å². The maximum atomic E-state index is 13.0. The zero-order valence-electron chi connectivity index (χ0n) is 15.0. The van der Waals surface area contributed by atoms with Crippen molar-refractivity contribution in [2.75, 3.05) is 26.2 Å². The number of halogens is 2. The van der Waals surface area contributed by atoms with Crippen molar-refractivity contribution < 1.29 is 13.7 Å². The van der Waals surface area contributed by atoms with Gasteiger partial charge in [-0.05, 0) is 48.5 Å². The molecule has 2 aromatic carbocycles. The molecule has 2 heterocycles. The zero-order valence-corrected chi connectivity index (χ0v) is 15.8.